The normalized spacial score (nSPS) is 11.5. The number of nitrogens with two attached hydrogens (primary N) is 1. The number of hydrogen-bond donors (Lipinski definition) is 1. The summed E-state index contributed by atoms with van der Waals surface area (Å²) in [6.45, 7) is -0.0524. The molecule has 14 heavy (non-hydrogen) atoms. The van der Waals surface area contributed by atoms with Crippen molar-refractivity contribution in [1.29, 1.82) is 0 Å². The molecule has 0 bridgehead atoms. The van der Waals surface area contributed by atoms with Gasteiger partial charge in [-0.25, -0.2) is 4.39 Å². The Labute approximate surface area is 76.5 Å². The van der Waals surface area contributed by atoms with Gasteiger partial charge in [-0.2, -0.15) is 0 Å². The molecular weight excluding hydrogens is 204 g/mol. The second kappa shape index (κ2) is 3.79. The van der Waals surface area contributed by atoms with Crippen LogP contribution in [0, 0.1) is 5.82 Å². The summed E-state index contributed by atoms with van der Waals surface area (Å²) in [5, 5.41) is 0. The smallest absolute Gasteiger partial charge is 0.401 e. The minimum absolute atomic E-state index is 0.0524. The summed E-state index contributed by atoms with van der Waals surface area (Å²) in [5.74, 6) is -2.10. The molecule has 0 aliphatic heterocycles. The predicted octanol–water partition coefficient (Wildman–Crippen LogP) is 1.58. The zero-order valence-electron chi connectivity index (χ0n) is 6.81. The van der Waals surface area contributed by atoms with E-state index in [1.54, 1.807) is 0 Å². The molecule has 1 aromatic heterocycles. The van der Waals surface area contributed by atoms with E-state index in [-0.39, 0.29) is 12.2 Å². The molecule has 0 fully saturated rings. The van der Waals surface area contributed by atoms with Crippen LogP contribution >= 0.6 is 0 Å². The number of pyridine rings is 1. The minimum atomic E-state index is -4.92. The summed E-state index contributed by atoms with van der Waals surface area (Å²) in [6.07, 6.45) is -4.28. The summed E-state index contributed by atoms with van der Waals surface area (Å²) < 4.78 is 51.2. The number of ether oxygens (including phenoxy) is 1. The van der Waals surface area contributed by atoms with Crippen molar-refractivity contribution in [3.05, 3.63) is 23.8 Å². The maximum atomic E-state index is 12.8. The van der Waals surface area contributed by atoms with Gasteiger partial charge in [0, 0.05) is 12.6 Å². The van der Waals surface area contributed by atoms with Gasteiger partial charge in [0.15, 0.2) is 11.6 Å². The van der Waals surface area contributed by atoms with Gasteiger partial charge in [0.2, 0.25) is 0 Å². The highest BCUT2D eigenvalue weighted by Gasteiger charge is 2.32. The third kappa shape index (κ3) is 2.84. The molecule has 1 rings (SSSR count). The van der Waals surface area contributed by atoms with Crippen LogP contribution in [-0.2, 0) is 6.54 Å². The summed E-state index contributed by atoms with van der Waals surface area (Å²) >= 11 is 0. The molecule has 1 heterocycles. The first-order valence-electron chi connectivity index (χ1n) is 3.52. The Morgan fingerprint density at radius 1 is 1.43 bits per heavy atom. The molecule has 0 spiro atoms. The van der Waals surface area contributed by atoms with Gasteiger partial charge < -0.3 is 10.5 Å². The van der Waals surface area contributed by atoms with Gasteiger partial charge in [-0.3, -0.25) is 4.98 Å². The first-order chi connectivity index (χ1) is 6.42. The summed E-state index contributed by atoms with van der Waals surface area (Å²) in [5.41, 5.74) is 5.25. The van der Waals surface area contributed by atoms with Gasteiger partial charge in [-0.1, -0.05) is 0 Å². The number of alkyl halides is 3. The first kappa shape index (κ1) is 10.7. The van der Waals surface area contributed by atoms with E-state index >= 15 is 0 Å². The van der Waals surface area contributed by atoms with E-state index in [4.69, 9.17) is 5.73 Å². The maximum absolute atomic E-state index is 12.8. The van der Waals surface area contributed by atoms with E-state index < -0.39 is 17.9 Å². The number of aromatic nitrogens is 1. The van der Waals surface area contributed by atoms with Crippen molar-refractivity contribution < 1.29 is 22.3 Å². The molecule has 0 atom stereocenters. The van der Waals surface area contributed by atoms with Gasteiger partial charge >= 0.3 is 6.36 Å². The molecule has 7 heteroatoms. The molecule has 0 radical (unpaired) electrons. The Kier molecular flexibility index (Phi) is 2.90. The van der Waals surface area contributed by atoms with Gasteiger partial charge in [-0.15, -0.1) is 13.2 Å². The topological polar surface area (TPSA) is 48.1 Å². The lowest BCUT2D eigenvalue weighted by atomic mass is 10.3. The van der Waals surface area contributed by atoms with Crippen molar-refractivity contribution in [3.63, 3.8) is 0 Å². The van der Waals surface area contributed by atoms with Crippen LogP contribution in [0.2, 0.25) is 0 Å². The zero-order valence-corrected chi connectivity index (χ0v) is 6.81. The molecule has 0 saturated heterocycles. The predicted molar refractivity (Wildman–Crippen MR) is 38.8 cm³/mol. The fourth-order valence-electron chi connectivity index (χ4n) is 0.769. The Balaban J connectivity index is 2.89. The van der Waals surface area contributed by atoms with Crippen LogP contribution in [0.3, 0.4) is 0 Å². The average Bonchev–Trinajstić information content (AvgIpc) is 2.06. The second-order valence-corrected chi connectivity index (χ2v) is 2.36. The highest BCUT2D eigenvalue weighted by atomic mass is 19.4. The van der Waals surface area contributed by atoms with Gasteiger partial charge in [-0.05, 0) is 0 Å². The highest BCUT2D eigenvalue weighted by Crippen LogP contribution is 2.24. The molecule has 0 aromatic carbocycles. The molecule has 0 unspecified atom stereocenters. The lowest BCUT2D eigenvalue weighted by molar-refractivity contribution is -0.275. The van der Waals surface area contributed by atoms with Gasteiger partial charge in [0.05, 0.1) is 11.9 Å². The van der Waals surface area contributed by atoms with Crippen molar-refractivity contribution in [2.75, 3.05) is 0 Å². The van der Waals surface area contributed by atoms with E-state index in [9.17, 15) is 17.6 Å². The Morgan fingerprint density at radius 2 is 2.07 bits per heavy atom. The molecule has 0 aliphatic rings. The summed E-state index contributed by atoms with van der Waals surface area (Å²) in [7, 11) is 0. The Bertz CT molecular complexity index is 326. The quantitative estimate of drug-likeness (QED) is 0.754. The third-order valence-corrected chi connectivity index (χ3v) is 1.31. The molecule has 1 aromatic rings. The van der Waals surface area contributed by atoms with Crippen LogP contribution in [0.15, 0.2) is 12.3 Å². The lowest BCUT2D eigenvalue weighted by Gasteiger charge is -2.09. The van der Waals surface area contributed by atoms with Crippen LogP contribution in [-0.4, -0.2) is 11.3 Å². The molecular formula is C7H6F4N2O. The van der Waals surface area contributed by atoms with Crippen LogP contribution in [0.25, 0.3) is 0 Å². The lowest BCUT2D eigenvalue weighted by Crippen LogP contribution is -2.18. The van der Waals surface area contributed by atoms with Gasteiger partial charge in [0.1, 0.15) is 0 Å². The Hall–Kier alpha value is -1.37. The van der Waals surface area contributed by atoms with Crippen LogP contribution in [0.4, 0.5) is 17.6 Å². The molecule has 0 aliphatic carbocycles. The molecule has 78 valence electrons. The highest BCUT2D eigenvalue weighted by molar-refractivity contribution is 5.22. The van der Waals surface area contributed by atoms with E-state index in [0.717, 1.165) is 6.07 Å². The SMILES string of the molecule is NCc1cc(F)c(OC(F)(F)F)cn1. The van der Waals surface area contributed by atoms with Crippen LogP contribution in [0.1, 0.15) is 5.69 Å². The van der Waals surface area contributed by atoms with E-state index in [1.807, 2.05) is 0 Å². The van der Waals surface area contributed by atoms with E-state index in [0.29, 0.717) is 6.20 Å². The van der Waals surface area contributed by atoms with Crippen molar-refractivity contribution in [3.8, 4) is 5.75 Å². The van der Waals surface area contributed by atoms with Crippen LogP contribution in [0.5, 0.6) is 5.75 Å². The second-order valence-electron chi connectivity index (χ2n) is 2.36. The summed E-state index contributed by atoms with van der Waals surface area (Å²) in [6, 6.07) is 0.793. The molecule has 0 saturated carbocycles. The molecule has 3 nitrogen and oxygen atoms in total. The summed E-state index contributed by atoms with van der Waals surface area (Å²) in [4.78, 5) is 3.45. The van der Waals surface area contributed by atoms with E-state index in [1.165, 1.54) is 0 Å². The molecule has 0 amide bonds. The maximum Gasteiger partial charge on any atom is 0.573 e. The van der Waals surface area contributed by atoms with Crippen molar-refractivity contribution in [2.24, 2.45) is 5.73 Å². The standard InChI is InChI=1S/C7H6F4N2O/c8-5-1-4(2-12)13-3-6(5)14-7(9,10)11/h1,3H,2,12H2. The van der Waals surface area contributed by atoms with E-state index in [2.05, 4.69) is 9.72 Å². The molecule has 2 N–H and O–H groups in total. The van der Waals surface area contributed by atoms with Crippen molar-refractivity contribution in [1.82, 2.24) is 4.98 Å². The Morgan fingerprint density at radius 3 is 2.50 bits per heavy atom. The fourth-order valence-corrected chi connectivity index (χ4v) is 0.769. The number of rotatable bonds is 2. The minimum Gasteiger partial charge on any atom is -0.401 e. The average molecular weight is 210 g/mol. The fraction of sp³-hybridized carbons (Fsp3) is 0.286. The zero-order chi connectivity index (χ0) is 10.8. The van der Waals surface area contributed by atoms with Crippen molar-refractivity contribution >= 4 is 0 Å². The van der Waals surface area contributed by atoms with Crippen molar-refractivity contribution in [2.45, 2.75) is 12.9 Å². The third-order valence-electron chi connectivity index (χ3n) is 1.31. The largest absolute Gasteiger partial charge is 0.573 e. The van der Waals surface area contributed by atoms with Crippen LogP contribution < -0.4 is 10.5 Å². The van der Waals surface area contributed by atoms with Gasteiger partial charge in [0.25, 0.3) is 0 Å². The number of nitrogens with zero attached hydrogens (tertiary/aromatic N) is 1. The number of hydrogen-bond acceptors (Lipinski definition) is 3. The number of halogens is 4. The monoisotopic (exact) mass is 210 g/mol. The first-order valence-corrected chi connectivity index (χ1v) is 3.52.